The normalized spacial score (nSPS) is 14.1. The lowest BCUT2D eigenvalue weighted by atomic mass is 10.1. The second-order valence-electron chi connectivity index (χ2n) is 8.12. The predicted molar refractivity (Wildman–Crippen MR) is 133 cm³/mol. The number of piperazine rings is 1. The summed E-state index contributed by atoms with van der Waals surface area (Å²) in [4.78, 5) is 31.5. The monoisotopic (exact) mass is 470 g/mol. The summed E-state index contributed by atoms with van der Waals surface area (Å²) in [5.74, 6) is 1.57. The summed E-state index contributed by atoms with van der Waals surface area (Å²) in [7, 11) is 1.66. The van der Waals surface area contributed by atoms with E-state index in [1.165, 1.54) is 0 Å². The summed E-state index contributed by atoms with van der Waals surface area (Å²) in [6, 6.07) is 15.6. The molecule has 5 aromatic rings. The van der Waals surface area contributed by atoms with Crippen molar-refractivity contribution < 1.29 is 9.53 Å². The fourth-order valence-corrected chi connectivity index (χ4v) is 5.35. The van der Waals surface area contributed by atoms with E-state index in [2.05, 4.69) is 19.3 Å². The number of thiazole rings is 1. The number of amides is 1. The molecule has 2 aromatic carbocycles. The maximum Gasteiger partial charge on any atom is 0.254 e. The van der Waals surface area contributed by atoms with Crippen LogP contribution >= 0.6 is 11.3 Å². The van der Waals surface area contributed by atoms with Crippen LogP contribution < -0.4 is 9.64 Å². The summed E-state index contributed by atoms with van der Waals surface area (Å²) in [5.41, 5.74) is 3.65. The second-order valence-corrected chi connectivity index (χ2v) is 9.13. The van der Waals surface area contributed by atoms with Crippen LogP contribution in [0.25, 0.3) is 26.4 Å². The van der Waals surface area contributed by atoms with Crippen molar-refractivity contribution in [2.45, 2.75) is 0 Å². The van der Waals surface area contributed by atoms with Gasteiger partial charge in [-0.2, -0.15) is 0 Å². The van der Waals surface area contributed by atoms with Gasteiger partial charge in [0.25, 0.3) is 5.91 Å². The fourth-order valence-electron chi connectivity index (χ4n) is 4.30. The Kier molecular flexibility index (Phi) is 5.10. The molecule has 1 saturated heterocycles. The van der Waals surface area contributed by atoms with Crippen molar-refractivity contribution in [3.63, 3.8) is 0 Å². The third kappa shape index (κ3) is 3.63. The lowest BCUT2D eigenvalue weighted by Crippen LogP contribution is -2.49. The molecule has 0 atom stereocenters. The van der Waals surface area contributed by atoms with Crippen LogP contribution in [0, 0.1) is 0 Å². The molecule has 0 N–H and O–H groups in total. The SMILES string of the molecule is COc1cccc(-c2cn3c(n2)sc2cc(C(=O)N4CCN(c5ncccn5)CC4)ccc23)c1. The lowest BCUT2D eigenvalue weighted by molar-refractivity contribution is 0.0746. The first kappa shape index (κ1) is 20.6. The Hall–Kier alpha value is -3.98. The summed E-state index contributed by atoms with van der Waals surface area (Å²) >= 11 is 1.59. The summed E-state index contributed by atoms with van der Waals surface area (Å²) in [6.45, 7) is 2.73. The van der Waals surface area contributed by atoms with Crippen molar-refractivity contribution in [2.75, 3.05) is 38.2 Å². The van der Waals surface area contributed by atoms with Gasteiger partial charge in [0, 0.05) is 55.9 Å². The van der Waals surface area contributed by atoms with E-state index >= 15 is 0 Å². The number of imidazole rings is 1. The topological polar surface area (TPSA) is 75.9 Å². The molecule has 1 aliphatic heterocycles. The number of anilines is 1. The number of carbonyl (C=O) groups is 1. The maximum atomic E-state index is 13.2. The highest BCUT2D eigenvalue weighted by molar-refractivity contribution is 7.23. The van der Waals surface area contributed by atoms with Crippen molar-refractivity contribution in [1.82, 2.24) is 24.3 Å². The highest BCUT2D eigenvalue weighted by atomic mass is 32.1. The van der Waals surface area contributed by atoms with Gasteiger partial charge in [-0.3, -0.25) is 9.20 Å². The molecular weight excluding hydrogens is 448 g/mol. The third-order valence-corrected chi connectivity index (χ3v) is 7.13. The molecule has 0 saturated carbocycles. The molecule has 0 spiro atoms. The zero-order chi connectivity index (χ0) is 23.1. The Labute approximate surface area is 200 Å². The Morgan fingerprint density at radius 3 is 2.62 bits per heavy atom. The smallest absolute Gasteiger partial charge is 0.254 e. The van der Waals surface area contributed by atoms with E-state index in [9.17, 15) is 4.79 Å². The summed E-state index contributed by atoms with van der Waals surface area (Å²) in [6.07, 6.45) is 5.52. The van der Waals surface area contributed by atoms with Crippen LogP contribution in [0.4, 0.5) is 5.95 Å². The van der Waals surface area contributed by atoms with Crippen molar-refractivity contribution in [2.24, 2.45) is 0 Å². The number of rotatable bonds is 4. The Balaban J connectivity index is 1.22. The largest absolute Gasteiger partial charge is 0.497 e. The van der Waals surface area contributed by atoms with Crippen molar-refractivity contribution in [3.05, 3.63) is 72.7 Å². The van der Waals surface area contributed by atoms with E-state index in [1.807, 2.05) is 53.6 Å². The van der Waals surface area contributed by atoms with Gasteiger partial charge in [0.2, 0.25) is 5.95 Å². The number of benzene rings is 2. The molecule has 8 nitrogen and oxygen atoms in total. The van der Waals surface area contributed by atoms with Crippen LogP contribution in [0.15, 0.2) is 67.1 Å². The Bertz CT molecular complexity index is 1490. The van der Waals surface area contributed by atoms with Gasteiger partial charge in [-0.05, 0) is 36.4 Å². The Morgan fingerprint density at radius 2 is 1.82 bits per heavy atom. The van der Waals surface area contributed by atoms with E-state index in [-0.39, 0.29) is 5.91 Å². The zero-order valence-electron chi connectivity index (χ0n) is 18.6. The van der Waals surface area contributed by atoms with Gasteiger partial charge in [0.05, 0.1) is 23.0 Å². The number of ether oxygens (including phenoxy) is 1. The molecule has 34 heavy (non-hydrogen) atoms. The van der Waals surface area contributed by atoms with E-state index in [4.69, 9.17) is 9.72 Å². The zero-order valence-corrected chi connectivity index (χ0v) is 19.4. The number of nitrogens with zero attached hydrogens (tertiary/aromatic N) is 6. The molecular formula is C25H22N6O2S. The first-order chi connectivity index (χ1) is 16.7. The minimum atomic E-state index is 0.0543. The molecule has 1 amide bonds. The van der Waals surface area contributed by atoms with Gasteiger partial charge >= 0.3 is 0 Å². The quantitative estimate of drug-likeness (QED) is 0.396. The maximum absolute atomic E-state index is 13.2. The van der Waals surface area contributed by atoms with E-state index in [0.717, 1.165) is 45.3 Å². The van der Waals surface area contributed by atoms with Crippen LogP contribution in [0.5, 0.6) is 5.75 Å². The van der Waals surface area contributed by atoms with Gasteiger partial charge in [0.1, 0.15) is 5.75 Å². The molecule has 4 heterocycles. The van der Waals surface area contributed by atoms with E-state index < -0.39 is 0 Å². The molecule has 6 rings (SSSR count). The molecule has 1 fully saturated rings. The highest BCUT2D eigenvalue weighted by Gasteiger charge is 2.24. The minimum Gasteiger partial charge on any atom is -0.497 e. The van der Waals surface area contributed by atoms with Crippen LogP contribution in [0.1, 0.15) is 10.4 Å². The highest BCUT2D eigenvalue weighted by Crippen LogP contribution is 2.31. The molecule has 0 radical (unpaired) electrons. The van der Waals surface area contributed by atoms with Crippen molar-refractivity contribution in [3.8, 4) is 17.0 Å². The van der Waals surface area contributed by atoms with Crippen LogP contribution in [0.3, 0.4) is 0 Å². The van der Waals surface area contributed by atoms with Crippen molar-refractivity contribution in [1.29, 1.82) is 0 Å². The molecule has 0 aliphatic carbocycles. The third-order valence-electron chi connectivity index (χ3n) is 6.11. The average molecular weight is 471 g/mol. The minimum absolute atomic E-state index is 0.0543. The summed E-state index contributed by atoms with van der Waals surface area (Å²) in [5, 5.41) is 0. The number of carbonyl (C=O) groups excluding carboxylic acids is 1. The van der Waals surface area contributed by atoms with Gasteiger partial charge < -0.3 is 14.5 Å². The van der Waals surface area contributed by atoms with Gasteiger partial charge in [-0.15, -0.1) is 0 Å². The number of hydrogen-bond acceptors (Lipinski definition) is 7. The molecule has 170 valence electrons. The predicted octanol–water partition coefficient (Wildman–Crippen LogP) is 3.98. The van der Waals surface area contributed by atoms with Crippen LogP contribution in [0.2, 0.25) is 0 Å². The van der Waals surface area contributed by atoms with Gasteiger partial charge in [-0.1, -0.05) is 23.5 Å². The number of methoxy groups -OCH3 is 1. The second kappa shape index (κ2) is 8.42. The van der Waals surface area contributed by atoms with Crippen LogP contribution in [-0.2, 0) is 0 Å². The molecule has 0 unspecified atom stereocenters. The van der Waals surface area contributed by atoms with Crippen LogP contribution in [-0.4, -0.2) is 63.4 Å². The van der Waals surface area contributed by atoms with E-state index in [0.29, 0.717) is 24.6 Å². The number of fused-ring (bicyclic) bond motifs is 3. The molecule has 9 heteroatoms. The number of aromatic nitrogens is 4. The molecule has 0 bridgehead atoms. The lowest BCUT2D eigenvalue weighted by Gasteiger charge is -2.34. The van der Waals surface area contributed by atoms with Crippen molar-refractivity contribution >= 4 is 38.4 Å². The van der Waals surface area contributed by atoms with Gasteiger partial charge in [-0.25, -0.2) is 15.0 Å². The standard InChI is InChI=1S/C25H22N6O2S/c1-33-19-5-2-4-17(14-19)20-16-31-21-7-6-18(15-22(21)34-25(31)28-20)23(32)29-10-12-30(13-11-29)24-26-8-3-9-27-24/h2-9,14-16H,10-13H2,1H3. The van der Waals surface area contributed by atoms with E-state index in [1.54, 1.807) is 36.9 Å². The number of hydrogen-bond donors (Lipinski definition) is 0. The first-order valence-corrected chi connectivity index (χ1v) is 11.9. The Morgan fingerprint density at radius 1 is 1.00 bits per heavy atom. The molecule has 3 aromatic heterocycles. The summed E-state index contributed by atoms with van der Waals surface area (Å²) < 4.78 is 8.47. The average Bonchev–Trinajstić information content (AvgIpc) is 3.47. The molecule has 1 aliphatic rings. The van der Waals surface area contributed by atoms with Gasteiger partial charge in [0.15, 0.2) is 4.96 Å². The fraction of sp³-hybridized carbons (Fsp3) is 0.200. The first-order valence-electron chi connectivity index (χ1n) is 11.1.